The fraction of sp³-hybridized carbons (Fsp3) is 0.200. The SMILES string of the molecule is CCC1=NN2C(=N)/C(=C/c3cn(CCOc4ccccc4OC)c4ccccc34)C(=O)N=C2S1. The highest BCUT2D eigenvalue weighted by Crippen LogP contribution is 2.31. The monoisotopic (exact) mass is 473 g/mol. The highest BCUT2D eigenvalue weighted by molar-refractivity contribution is 8.26. The molecule has 0 fully saturated rings. The molecule has 2 aliphatic heterocycles. The molecule has 2 aromatic carbocycles. The van der Waals surface area contributed by atoms with Gasteiger partial charge in [-0.25, -0.2) is 0 Å². The zero-order valence-corrected chi connectivity index (χ0v) is 19.6. The summed E-state index contributed by atoms with van der Waals surface area (Å²) in [6, 6.07) is 15.5. The van der Waals surface area contributed by atoms with Gasteiger partial charge in [0, 0.05) is 22.7 Å². The lowest BCUT2D eigenvalue weighted by Gasteiger charge is -2.20. The van der Waals surface area contributed by atoms with E-state index in [0.717, 1.165) is 27.9 Å². The summed E-state index contributed by atoms with van der Waals surface area (Å²) in [7, 11) is 1.62. The number of nitrogens with zero attached hydrogens (tertiary/aromatic N) is 4. The van der Waals surface area contributed by atoms with E-state index in [9.17, 15) is 4.79 Å². The van der Waals surface area contributed by atoms with Crippen molar-refractivity contribution < 1.29 is 14.3 Å². The van der Waals surface area contributed by atoms with Crippen molar-refractivity contribution in [3.05, 3.63) is 65.9 Å². The first-order chi connectivity index (χ1) is 16.6. The molecule has 2 aliphatic rings. The van der Waals surface area contributed by atoms with Gasteiger partial charge in [0.1, 0.15) is 11.7 Å². The third-order valence-corrected chi connectivity index (χ3v) is 6.63. The summed E-state index contributed by atoms with van der Waals surface area (Å²) >= 11 is 1.34. The molecule has 0 spiro atoms. The summed E-state index contributed by atoms with van der Waals surface area (Å²) in [4.78, 5) is 16.9. The lowest BCUT2D eigenvalue weighted by atomic mass is 10.1. The van der Waals surface area contributed by atoms with Gasteiger partial charge in [-0.2, -0.15) is 15.1 Å². The molecule has 172 valence electrons. The fourth-order valence-electron chi connectivity index (χ4n) is 3.90. The van der Waals surface area contributed by atoms with Crippen LogP contribution in [0, 0.1) is 5.41 Å². The van der Waals surface area contributed by atoms with E-state index >= 15 is 0 Å². The molecule has 8 nitrogen and oxygen atoms in total. The van der Waals surface area contributed by atoms with E-state index in [1.807, 2.05) is 61.7 Å². The first-order valence-corrected chi connectivity index (χ1v) is 11.7. The molecule has 0 saturated heterocycles. The lowest BCUT2D eigenvalue weighted by Crippen LogP contribution is -2.35. The van der Waals surface area contributed by atoms with Crippen LogP contribution in [0.1, 0.15) is 18.9 Å². The van der Waals surface area contributed by atoms with Gasteiger partial charge in [0.25, 0.3) is 5.91 Å². The number of aliphatic imine (C=N–C) groups is 1. The highest BCUT2D eigenvalue weighted by atomic mass is 32.2. The number of carbonyl (C=O) groups is 1. The molecule has 0 radical (unpaired) electrons. The number of para-hydroxylation sites is 3. The molecular weight excluding hydrogens is 450 g/mol. The van der Waals surface area contributed by atoms with Crippen molar-refractivity contribution in [1.29, 1.82) is 5.41 Å². The Kier molecular flexibility index (Phi) is 5.93. The van der Waals surface area contributed by atoms with Gasteiger partial charge in [0.15, 0.2) is 17.3 Å². The highest BCUT2D eigenvalue weighted by Gasteiger charge is 2.35. The number of thioether (sulfide) groups is 1. The second-order valence-corrected chi connectivity index (χ2v) is 8.70. The summed E-state index contributed by atoms with van der Waals surface area (Å²) in [6.45, 7) is 3.03. The number of benzene rings is 2. The zero-order valence-electron chi connectivity index (χ0n) is 18.8. The molecule has 0 aliphatic carbocycles. The Morgan fingerprint density at radius 2 is 1.88 bits per heavy atom. The second kappa shape index (κ2) is 9.18. The van der Waals surface area contributed by atoms with Crippen LogP contribution in [0.25, 0.3) is 17.0 Å². The van der Waals surface area contributed by atoms with Crippen LogP contribution < -0.4 is 9.47 Å². The smallest absolute Gasteiger partial charge is 0.283 e. The minimum atomic E-state index is -0.423. The Balaban J connectivity index is 1.43. The maximum atomic E-state index is 12.8. The maximum absolute atomic E-state index is 12.8. The molecule has 0 atom stereocenters. The standard InChI is InChI=1S/C25H23N5O3S/c1-3-22-28-30-23(26)18(24(31)27-25(30)34-22)14-16-15-29(19-9-5-4-8-17(16)19)12-13-33-21-11-7-6-10-20(21)32-2/h4-11,14-15,26H,3,12-13H2,1-2H3/b18-14-,26-23?. The van der Waals surface area contributed by atoms with Gasteiger partial charge < -0.3 is 14.0 Å². The van der Waals surface area contributed by atoms with Gasteiger partial charge in [-0.1, -0.05) is 37.3 Å². The number of hydrogen-bond donors (Lipinski definition) is 1. The molecule has 1 N–H and O–H groups in total. The van der Waals surface area contributed by atoms with Gasteiger partial charge in [0.2, 0.25) is 5.17 Å². The molecule has 34 heavy (non-hydrogen) atoms. The van der Waals surface area contributed by atoms with Crippen LogP contribution >= 0.6 is 11.8 Å². The van der Waals surface area contributed by atoms with Crippen molar-refractivity contribution in [2.45, 2.75) is 19.9 Å². The minimum absolute atomic E-state index is 0.0438. The number of hydrazone groups is 1. The quantitative estimate of drug-likeness (QED) is 0.500. The van der Waals surface area contributed by atoms with Crippen molar-refractivity contribution in [1.82, 2.24) is 9.58 Å². The predicted molar refractivity (Wildman–Crippen MR) is 136 cm³/mol. The molecule has 1 amide bonds. The molecule has 9 heteroatoms. The average Bonchev–Trinajstić information content (AvgIpc) is 3.43. The predicted octanol–water partition coefficient (Wildman–Crippen LogP) is 4.76. The van der Waals surface area contributed by atoms with Crippen LogP contribution in [-0.2, 0) is 11.3 Å². The Bertz CT molecular complexity index is 1390. The van der Waals surface area contributed by atoms with Crippen molar-refractivity contribution in [2.75, 3.05) is 13.7 Å². The molecular formula is C25H23N5O3S. The van der Waals surface area contributed by atoms with E-state index in [4.69, 9.17) is 14.9 Å². The molecule has 3 aromatic rings. The summed E-state index contributed by atoms with van der Waals surface area (Å²) in [6.07, 6.45) is 4.43. The second-order valence-electron chi connectivity index (χ2n) is 7.66. The molecule has 3 heterocycles. The first kappa shape index (κ1) is 22.0. The Labute approximate surface area is 201 Å². The van der Waals surface area contributed by atoms with Gasteiger partial charge >= 0.3 is 0 Å². The first-order valence-electron chi connectivity index (χ1n) is 10.9. The van der Waals surface area contributed by atoms with E-state index < -0.39 is 5.91 Å². The molecule has 0 unspecified atom stereocenters. The number of ether oxygens (including phenoxy) is 2. The van der Waals surface area contributed by atoms with Crippen molar-refractivity contribution in [3.8, 4) is 11.5 Å². The topological polar surface area (TPSA) is 92.3 Å². The van der Waals surface area contributed by atoms with Gasteiger partial charge in [0.05, 0.1) is 19.2 Å². The van der Waals surface area contributed by atoms with Gasteiger partial charge in [-0.05, 0) is 42.5 Å². The Hall–Kier alpha value is -3.85. The van der Waals surface area contributed by atoms with Crippen LogP contribution in [0.4, 0.5) is 0 Å². The maximum Gasteiger partial charge on any atom is 0.283 e. The number of hydrogen-bond acceptors (Lipinski definition) is 6. The fourth-order valence-corrected chi connectivity index (χ4v) is 4.72. The lowest BCUT2D eigenvalue weighted by molar-refractivity contribution is -0.114. The Morgan fingerprint density at radius 1 is 1.12 bits per heavy atom. The number of amides is 1. The summed E-state index contributed by atoms with van der Waals surface area (Å²) in [5.41, 5.74) is 2.07. The van der Waals surface area contributed by atoms with Crippen LogP contribution in [0.15, 0.2) is 70.4 Å². The van der Waals surface area contributed by atoms with E-state index in [1.54, 1.807) is 13.2 Å². The molecule has 0 bridgehead atoms. The van der Waals surface area contributed by atoms with Gasteiger partial charge in [-0.3, -0.25) is 10.2 Å². The largest absolute Gasteiger partial charge is 0.493 e. The Morgan fingerprint density at radius 3 is 2.68 bits per heavy atom. The van der Waals surface area contributed by atoms with Crippen LogP contribution in [0.3, 0.4) is 0 Å². The van der Waals surface area contributed by atoms with E-state index in [1.165, 1.54) is 16.8 Å². The van der Waals surface area contributed by atoms with E-state index in [-0.39, 0.29) is 11.4 Å². The van der Waals surface area contributed by atoms with Crippen LogP contribution in [0.2, 0.25) is 0 Å². The number of nitrogens with one attached hydrogen (secondary N) is 1. The van der Waals surface area contributed by atoms with Crippen LogP contribution in [-0.4, -0.2) is 45.2 Å². The van der Waals surface area contributed by atoms with Crippen LogP contribution in [0.5, 0.6) is 11.5 Å². The van der Waals surface area contributed by atoms with E-state index in [2.05, 4.69) is 14.7 Å². The number of rotatable bonds is 7. The summed E-state index contributed by atoms with van der Waals surface area (Å²) < 4.78 is 13.4. The number of carbonyl (C=O) groups excluding carboxylic acids is 1. The number of fused-ring (bicyclic) bond motifs is 2. The number of amidine groups is 2. The summed E-state index contributed by atoms with van der Waals surface area (Å²) in [5.74, 6) is 0.998. The van der Waals surface area contributed by atoms with Crippen molar-refractivity contribution in [2.24, 2.45) is 10.1 Å². The zero-order chi connectivity index (χ0) is 23.7. The number of aromatic nitrogens is 1. The third kappa shape index (κ3) is 3.99. The van der Waals surface area contributed by atoms with Crippen molar-refractivity contribution >= 4 is 50.7 Å². The minimum Gasteiger partial charge on any atom is -0.493 e. The normalized spacial score (nSPS) is 16.6. The summed E-state index contributed by atoms with van der Waals surface area (Å²) in [5, 5.41) is 16.7. The van der Waals surface area contributed by atoms with Gasteiger partial charge in [-0.15, -0.1) is 0 Å². The average molecular weight is 474 g/mol. The van der Waals surface area contributed by atoms with Crippen molar-refractivity contribution in [3.63, 3.8) is 0 Å². The van der Waals surface area contributed by atoms with E-state index in [0.29, 0.717) is 29.8 Å². The molecule has 1 aromatic heterocycles. The molecule has 5 rings (SSSR count). The third-order valence-electron chi connectivity index (χ3n) is 5.58. The molecule has 0 saturated carbocycles. The number of methoxy groups -OCH3 is 1.